The topological polar surface area (TPSA) is 32.8 Å². The first-order valence-corrected chi connectivity index (χ1v) is 10.6. The van der Waals surface area contributed by atoms with E-state index in [9.17, 15) is 4.79 Å². The van der Waals surface area contributed by atoms with E-state index in [4.69, 9.17) is 4.74 Å². The lowest BCUT2D eigenvalue weighted by atomic mass is 9.79. The van der Waals surface area contributed by atoms with Crippen LogP contribution in [0, 0.1) is 0 Å². The van der Waals surface area contributed by atoms with Crippen molar-refractivity contribution in [3.05, 3.63) is 35.9 Å². The van der Waals surface area contributed by atoms with Gasteiger partial charge in [0.15, 0.2) is 0 Å². The van der Waals surface area contributed by atoms with Gasteiger partial charge in [0.1, 0.15) is 5.60 Å². The molecule has 1 saturated carbocycles. The Balaban J connectivity index is 1.60. The molecule has 27 heavy (non-hydrogen) atoms. The minimum absolute atomic E-state index is 0.109. The molecule has 0 amide bonds. The number of carbonyl (C=O) groups is 1. The van der Waals surface area contributed by atoms with Crippen LogP contribution in [-0.2, 0) is 9.53 Å². The van der Waals surface area contributed by atoms with Gasteiger partial charge in [0.25, 0.3) is 0 Å². The monoisotopic (exact) mass is 372 g/mol. The summed E-state index contributed by atoms with van der Waals surface area (Å²) in [6, 6.07) is 12.1. The number of hydrogen-bond acceptors (Lipinski definition) is 4. The van der Waals surface area contributed by atoms with E-state index in [0.29, 0.717) is 24.5 Å². The maximum absolute atomic E-state index is 12.2. The Labute approximate surface area is 164 Å². The summed E-state index contributed by atoms with van der Waals surface area (Å²) in [5.74, 6) is 0.534. The Kier molecular flexibility index (Phi) is 6.59. The number of esters is 1. The molecule has 1 aliphatic heterocycles. The summed E-state index contributed by atoms with van der Waals surface area (Å²) in [5, 5.41) is 0. The van der Waals surface area contributed by atoms with Crippen LogP contribution in [0.15, 0.2) is 30.3 Å². The van der Waals surface area contributed by atoms with Gasteiger partial charge in [0.2, 0.25) is 0 Å². The Morgan fingerprint density at radius 2 is 1.81 bits per heavy atom. The molecular weight excluding hydrogens is 336 g/mol. The van der Waals surface area contributed by atoms with Gasteiger partial charge in [-0.1, -0.05) is 43.2 Å². The number of hydrogen-bond donors (Lipinski definition) is 0. The van der Waals surface area contributed by atoms with E-state index in [1.807, 2.05) is 20.8 Å². The number of piperazine rings is 1. The van der Waals surface area contributed by atoms with Crippen molar-refractivity contribution < 1.29 is 9.53 Å². The highest BCUT2D eigenvalue weighted by atomic mass is 16.6. The first-order chi connectivity index (χ1) is 12.8. The van der Waals surface area contributed by atoms with Crippen molar-refractivity contribution in [2.45, 2.75) is 77.0 Å². The van der Waals surface area contributed by atoms with Gasteiger partial charge < -0.3 is 4.74 Å². The summed E-state index contributed by atoms with van der Waals surface area (Å²) in [4.78, 5) is 17.2. The molecule has 0 aromatic heterocycles. The number of rotatable bonds is 4. The summed E-state index contributed by atoms with van der Waals surface area (Å²) in [6.45, 7) is 11.5. The van der Waals surface area contributed by atoms with Crippen LogP contribution in [0.2, 0.25) is 0 Å². The molecule has 3 rings (SSSR count). The van der Waals surface area contributed by atoms with Gasteiger partial charge in [-0.15, -0.1) is 0 Å². The normalized spacial score (nSPS) is 28.1. The summed E-state index contributed by atoms with van der Waals surface area (Å²) < 4.78 is 5.51. The average Bonchev–Trinajstić information content (AvgIpc) is 2.63. The Bertz CT molecular complexity index is 611. The van der Waals surface area contributed by atoms with Crippen LogP contribution in [0.3, 0.4) is 0 Å². The van der Waals surface area contributed by atoms with Crippen LogP contribution in [0.4, 0.5) is 0 Å². The SMILES string of the molecule is CC1CN([C@@H]2CCCCC2c2ccccc2)CCN1CC(=O)OC(C)(C)C. The minimum Gasteiger partial charge on any atom is -0.459 e. The van der Waals surface area contributed by atoms with Crippen LogP contribution >= 0.6 is 0 Å². The van der Waals surface area contributed by atoms with E-state index >= 15 is 0 Å². The third kappa shape index (κ3) is 5.55. The summed E-state index contributed by atoms with van der Waals surface area (Å²) in [7, 11) is 0. The second kappa shape index (κ2) is 8.74. The van der Waals surface area contributed by atoms with Crippen molar-refractivity contribution in [2.75, 3.05) is 26.2 Å². The van der Waals surface area contributed by atoms with E-state index in [-0.39, 0.29) is 5.97 Å². The highest BCUT2D eigenvalue weighted by Crippen LogP contribution is 2.37. The molecule has 0 bridgehead atoms. The molecule has 1 saturated heterocycles. The molecule has 0 spiro atoms. The fourth-order valence-electron chi connectivity index (χ4n) is 4.74. The molecule has 1 aliphatic carbocycles. The molecule has 3 atom stereocenters. The largest absolute Gasteiger partial charge is 0.459 e. The maximum Gasteiger partial charge on any atom is 0.320 e. The highest BCUT2D eigenvalue weighted by Gasteiger charge is 2.35. The van der Waals surface area contributed by atoms with Crippen LogP contribution in [-0.4, -0.2) is 59.6 Å². The third-order valence-corrected chi connectivity index (χ3v) is 5.97. The standard InChI is InChI=1S/C23H36N2O2/c1-18-16-25(15-14-24(18)17-22(26)27-23(2,3)4)21-13-9-8-12-20(21)19-10-6-5-7-11-19/h5-7,10-11,18,20-21H,8-9,12-17H2,1-4H3/t18?,20?,21-/m1/s1. The van der Waals surface area contributed by atoms with Crippen molar-refractivity contribution in [3.8, 4) is 0 Å². The Hall–Kier alpha value is -1.39. The zero-order chi connectivity index (χ0) is 19.4. The second-order valence-electron chi connectivity index (χ2n) is 9.27. The molecule has 2 fully saturated rings. The Morgan fingerprint density at radius 1 is 1.11 bits per heavy atom. The van der Waals surface area contributed by atoms with Crippen molar-refractivity contribution >= 4 is 5.97 Å². The molecule has 1 aromatic carbocycles. The fourth-order valence-corrected chi connectivity index (χ4v) is 4.74. The lowest BCUT2D eigenvalue weighted by Crippen LogP contribution is -2.57. The van der Waals surface area contributed by atoms with Gasteiger partial charge in [-0.05, 0) is 52.0 Å². The molecule has 2 unspecified atom stereocenters. The number of benzene rings is 1. The fraction of sp³-hybridized carbons (Fsp3) is 0.696. The van der Waals surface area contributed by atoms with E-state index < -0.39 is 5.60 Å². The smallest absolute Gasteiger partial charge is 0.320 e. The van der Waals surface area contributed by atoms with Crippen LogP contribution in [0.5, 0.6) is 0 Å². The highest BCUT2D eigenvalue weighted by molar-refractivity contribution is 5.72. The van der Waals surface area contributed by atoms with Gasteiger partial charge in [-0.3, -0.25) is 14.6 Å². The molecule has 1 aromatic rings. The maximum atomic E-state index is 12.2. The van der Waals surface area contributed by atoms with Gasteiger partial charge in [0, 0.05) is 31.7 Å². The first-order valence-electron chi connectivity index (χ1n) is 10.6. The van der Waals surface area contributed by atoms with Gasteiger partial charge >= 0.3 is 5.97 Å². The van der Waals surface area contributed by atoms with Crippen molar-refractivity contribution in [2.24, 2.45) is 0 Å². The molecule has 4 nitrogen and oxygen atoms in total. The summed E-state index contributed by atoms with van der Waals surface area (Å²) >= 11 is 0. The van der Waals surface area contributed by atoms with Crippen LogP contribution in [0.1, 0.15) is 64.9 Å². The summed E-state index contributed by atoms with van der Waals surface area (Å²) in [5.41, 5.74) is 1.08. The van der Waals surface area contributed by atoms with E-state index in [2.05, 4.69) is 47.1 Å². The average molecular weight is 373 g/mol. The number of ether oxygens (including phenoxy) is 1. The molecule has 0 N–H and O–H groups in total. The number of nitrogens with zero attached hydrogens (tertiary/aromatic N) is 2. The lowest BCUT2D eigenvalue weighted by Gasteiger charge is -2.47. The van der Waals surface area contributed by atoms with E-state index in [0.717, 1.165) is 19.6 Å². The van der Waals surface area contributed by atoms with E-state index in [1.165, 1.54) is 31.2 Å². The lowest BCUT2D eigenvalue weighted by molar-refractivity contribution is -0.157. The zero-order valence-corrected chi connectivity index (χ0v) is 17.5. The second-order valence-corrected chi connectivity index (χ2v) is 9.27. The predicted molar refractivity (Wildman–Crippen MR) is 110 cm³/mol. The van der Waals surface area contributed by atoms with Crippen molar-refractivity contribution in [1.82, 2.24) is 9.80 Å². The van der Waals surface area contributed by atoms with Gasteiger partial charge in [-0.25, -0.2) is 0 Å². The summed E-state index contributed by atoms with van der Waals surface area (Å²) in [6.07, 6.45) is 5.25. The predicted octanol–water partition coefficient (Wildman–Crippen LogP) is 4.06. The number of carbonyl (C=O) groups excluding carboxylic acids is 1. The Morgan fingerprint density at radius 3 is 2.48 bits per heavy atom. The molecule has 4 heteroatoms. The van der Waals surface area contributed by atoms with Crippen molar-refractivity contribution in [1.29, 1.82) is 0 Å². The molecule has 0 radical (unpaired) electrons. The zero-order valence-electron chi connectivity index (χ0n) is 17.5. The van der Waals surface area contributed by atoms with Crippen molar-refractivity contribution in [3.63, 3.8) is 0 Å². The molecule has 2 aliphatic rings. The minimum atomic E-state index is -0.410. The van der Waals surface area contributed by atoms with Crippen LogP contribution in [0.25, 0.3) is 0 Å². The molecule has 150 valence electrons. The van der Waals surface area contributed by atoms with E-state index in [1.54, 1.807) is 0 Å². The third-order valence-electron chi connectivity index (χ3n) is 5.97. The quantitative estimate of drug-likeness (QED) is 0.746. The molecule has 1 heterocycles. The van der Waals surface area contributed by atoms with Crippen LogP contribution < -0.4 is 0 Å². The van der Waals surface area contributed by atoms with Gasteiger partial charge in [-0.2, -0.15) is 0 Å². The van der Waals surface area contributed by atoms with Gasteiger partial charge in [0.05, 0.1) is 6.54 Å². The first kappa shape index (κ1) is 20.3. The molecular formula is C23H36N2O2.